The first-order valence-corrected chi connectivity index (χ1v) is 4.85. The standard InChI is InChI=1S/C13H10O/c1-8-10-6-2-4-9-5-3-7-11(12(9)10)13(8)14/h2-8H,1H3. The van der Waals surface area contributed by atoms with Gasteiger partial charge in [0.05, 0.1) is 0 Å². The fourth-order valence-electron chi connectivity index (χ4n) is 2.31. The Kier molecular flexibility index (Phi) is 1.35. The van der Waals surface area contributed by atoms with Gasteiger partial charge in [0.1, 0.15) is 0 Å². The molecule has 0 saturated carbocycles. The Morgan fingerprint density at radius 3 is 2.57 bits per heavy atom. The summed E-state index contributed by atoms with van der Waals surface area (Å²) >= 11 is 0. The van der Waals surface area contributed by atoms with Gasteiger partial charge in [-0.3, -0.25) is 4.79 Å². The summed E-state index contributed by atoms with van der Waals surface area (Å²) in [6.07, 6.45) is 0. The quantitative estimate of drug-likeness (QED) is 0.611. The molecule has 0 saturated heterocycles. The molecular formula is C13H10O. The molecule has 0 N–H and O–H groups in total. The van der Waals surface area contributed by atoms with E-state index in [9.17, 15) is 4.79 Å². The molecule has 0 fully saturated rings. The molecule has 2 aromatic carbocycles. The summed E-state index contributed by atoms with van der Waals surface area (Å²) in [4.78, 5) is 11.9. The third-order valence-electron chi connectivity index (χ3n) is 3.06. The number of rotatable bonds is 0. The van der Waals surface area contributed by atoms with Gasteiger partial charge in [0.15, 0.2) is 5.78 Å². The summed E-state index contributed by atoms with van der Waals surface area (Å²) in [5.41, 5.74) is 2.08. The van der Waals surface area contributed by atoms with E-state index in [0.29, 0.717) is 0 Å². The summed E-state index contributed by atoms with van der Waals surface area (Å²) in [6, 6.07) is 12.1. The minimum atomic E-state index is 0.0381. The van der Waals surface area contributed by atoms with E-state index in [1.807, 2.05) is 25.1 Å². The number of carbonyl (C=O) groups excluding carboxylic acids is 1. The largest absolute Gasteiger partial charge is 0.293 e. The lowest BCUT2D eigenvalue weighted by molar-refractivity contribution is 0.0974. The molecule has 0 heterocycles. The third-order valence-corrected chi connectivity index (χ3v) is 3.06. The van der Waals surface area contributed by atoms with Crippen LogP contribution in [0, 0.1) is 0 Å². The molecule has 14 heavy (non-hydrogen) atoms. The van der Waals surface area contributed by atoms with E-state index in [1.165, 1.54) is 10.9 Å². The maximum absolute atomic E-state index is 11.9. The van der Waals surface area contributed by atoms with Crippen LogP contribution in [0.1, 0.15) is 28.8 Å². The molecule has 1 nitrogen and oxygen atoms in total. The zero-order valence-corrected chi connectivity index (χ0v) is 7.95. The van der Waals surface area contributed by atoms with Crippen LogP contribution in [0.2, 0.25) is 0 Å². The molecule has 2 aromatic rings. The van der Waals surface area contributed by atoms with Gasteiger partial charge in [0, 0.05) is 11.5 Å². The summed E-state index contributed by atoms with van der Waals surface area (Å²) in [5, 5.41) is 2.34. The average Bonchev–Trinajstić information content (AvgIpc) is 2.47. The third kappa shape index (κ3) is 0.771. The van der Waals surface area contributed by atoms with Crippen LogP contribution < -0.4 is 0 Å². The van der Waals surface area contributed by atoms with Gasteiger partial charge in [-0.1, -0.05) is 43.3 Å². The number of hydrogen-bond acceptors (Lipinski definition) is 1. The zero-order chi connectivity index (χ0) is 9.71. The van der Waals surface area contributed by atoms with Crippen molar-refractivity contribution in [3.8, 4) is 0 Å². The van der Waals surface area contributed by atoms with Gasteiger partial charge in [-0.05, 0) is 16.3 Å². The Morgan fingerprint density at radius 2 is 1.79 bits per heavy atom. The SMILES string of the molecule is CC1C(=O)c2cccc3cccc1c23. The first-order valence-electron chi connectivity index (χ1n) is 4.85. The lowest BCUT2D eigenvalue weighted by Crippen LogP contribution is -2.00. The molecule has 3 rings (SSSR count). The summed E-state index contributed by atoms with van der Waals surface area (Å²) < 4.78 is 0. The monoisotopic (exact) mass is 182 g/mol. The van der Waals surface area contributed by atoms with Crippen LogP contribution in [-0.4, -0.2) is 5.78 Å². The molecule has 0 amide bonds. The fourth-order valence-corrected chi connectivity index (χ4v) is 2.31. The molecule has 0 aromatic heterocycles. The highest BCUT2D eigenvalue weighted by Gasteiger charge is 2.28. The van der Waals surface area contributed by atoms with Crippen molar-refractivity contribution in [2.75, 3.05) is 0 Å². The van der Waals surface area contributed by atoms with Gasteiger partial charge in [-0.15, -0.1) is 0 Å². The number of hydrogen-bond donors (Lipinski definition) is 0. The second-order valence-electron chi connectivity index (χ2n) is 3.84. The molecule has 1 unspecified atom stereocenters. The fraction of sp³-hybridized carbons (Fsp3) is 0.154. The van der Waals surface area contributed by atoms with Crippen LogP contribution >= 0.6 is 0 Å². The minimum Gasteiger partial charge on any atom is -0.293 e. The van der Waals surface area contributed by atoms with E-state index in [-0.39, 0.29) is 11.7 Å². The first-order chi connectivity index (χ1) is 6.79. The second kappa shape index (κ2) is 2.44. The Labute approximate surface area is 82.4 Å². The zero-order valence-electron chi connectivity index (χ0n) is 7.95. The predicted molar refractivity (Wildman–Crippen MR) is 56.7 cm³/mol. The smallest absolute Gasteiger partial charge is 0.170 e. The van der Waals surface area contributed by atoms with Crippen molar-refractivity contribution in [2.24, 2.45) is 0 Å². The van der Waals surface area contributed by atoms with E-state index in [1.54, 1.807) is 0 Å². The average molecular weight is 182 g/mol. The van der Waals surface area contributed by atoms with Crippen LogP contribution in [0.25, 0.3) is 10.8 Å². The molecule has 0 aliphatic heterocycles. The van der Waals surface area contributed by atoms with Crippen molar-refractivity contribution in [3.63, 3.8) is 0 Å². The highest BCUT2D eigenvalue weighted by Crippen LogP contribution is 2.37. The van der Waals surface area contributed by atoms with Crippen LogP contribution in [0.4, 0.5) is 0 Å². The molecule has 1 atom stereocenters. The van der Waals surface area contributed by atoms with E-state index in [2.05, 4.69) is 18.2 Å². The molecule has 1 heteroatoms. The number of Topliss-reactive ketones (excluding diaryl/α,β-unsaturated/α-hetero) is 1. The Morgan fingerprint density at radius 1 is 1.07 bits per heavy atom. The van der Waals surface area contributed by atoms with Gasteiger partial charge < -0.3 is 0 Å². The first kappa shape index (κ1) is 7.74. The van der Waals surface area contributed by atoms with E-state index < -0.39 is 0 Å². The Hall–Kier alpha value is -1.63. The minimum absolute atomic E-state index is 0.0381. The number of benzene rings is 2. The summed E-state index contributed by atoms with van der Waals surface area (Å²) in [6.45, 7) is 1.98. The summed E-state index contributed by atoms with van der Waals surface area (Å²) in [5.74, 6) is 0.299. The predicted octanol–water partition coefficient (Wildman–Crippen LogP) is 3.14. The van der Waals surface area contributed by atoms with Crippen molar-refractivity contribution in [3.05, 3.63) is 47.5 Å². The van der Waals surface area contributed by atoms with E-state index >= 15 is 0 Å². The molecule has 1 aliphatic carbocycles. The normalized spacial score (nSPS) is 19.2. The lowest BCUT2D eigenvalue weighted by Gasteiger charge is -2.01. The van der Waals surface area contributed by atoms with Crippen LogP contribution in [0.15, 0.2) is 36.4 Å². The molecule has 68 valence electrons. The van der Waals surface area contributed by atoms with Gasteiger partial charge >= 0.3 is 0 Å². The molecule has 1 aliphatic rings. The second-order valence-corrected chi connectivity index (χ2v) is 3.84. The van der Waals surface area contributed by atoms with E-state index in [4.69, 9.17) is 0 Å². The summed E-state index contributed by atoms with van der Waals surface area (Å²) in [7, 11) is 0. The van der Waals surface area contributed by atoms with Gasteiger partial charge in [0.2, 0.25) is 0 Å². The molecule has 0 bridgehead atoms. The van der Waals surface area contributed by atoms with Gasteiger partial charge in [-0.25, -0.2) is 0 Å². The molecular weight excluding hydrogens is 172 g/mol. The van der Waals surface area contributed by atoms with Crippen LogP contribution in [-0.2, 0) is 0 Å². The highest BCUT2D eigenvalue weighted by atomic mass is 16.1. The molecule has 0 radical (unpaired) electrons. The number of ketones is 1. The maximum Gasteiger partial charge on any atom is 0.170 e. The topological polar surface area (TPSA) is 17.1 Å². The van der Waals surface area contributed by atoms with Crippen LogP contribution in [0.5, 0.6) is 0 Å². The van der Waals surface area contributed by atoms with Crippen molar-refractivity contribution in [1.82, 2.24) is 0 Å². The van der Waals surface area contributed by atoms with Crippen molar-refractivity contribution >= 4 is 16.6 Å². The molecule has 0 spiro atoms. The highest BCUT2D eigenvalue weighted by molar-refractivity contribution is 6.17. The Bertz CT molecular complexity index is 535. The van der Waals surface area contributed by atoms with Crippen molar-refractivity contribution < 1.29 is 4.79 Å². The van der Waals surface area contributed by atoms with Crippen LogP contribution in [0.3, 0.4) is 0 Å². The lowest BCUT2D eigenvalue weighted by atomic mass is 10.0. The Balaban J connectivity index is 2.55. The van der Waals surface area contributed by atoms with Crippen molar-refractivity contribution in [2.45, 2.75) is 12.8 Å². The van der Waals surface area contributed by atoms with E-state index in [0.717, 1.165) is 10.9 Å². The van der Waals surface area contributed by atoms with Gasteiger partial charge in [-0.2, -0.15) is 0 Å². The maximum atomic E-state index is 11.9. The van der Waals surface area contributed by atoms with Gasteiger partial charge in [0.25, 0.3) is 0 Å². The number of carbonyl (C=O) groups is 1. The van der Waals surface area contributed by atoms with Crippen molar-refractivity contribution in [1.29, 1.82) is 0 Å².